The van der Waals surface area contributed by atoms with Crippen molar-refractivity contribution in [2.24, 2.45) is 0 Å². The second-order valence-electron chi connectivity index (χ2n) is 6.89. The van der Waals surface area contributed by atoms with Crippen molar-refractivity contribution in [1.82, 2.24) is 19.9 Å². The van der Waals surface area contributed by atoms with Gasteiger partial charge in [-0.2, -0.15) is 0 Å². The highest BCUT2D eigenvalue weighted by molar-refractivity contribution is 7.80. The first kappa shape index (κ1) is 17.4. The van der Waals surface area contributed by atoms with Gasteiger partial charge in [0.1, 0.15) is 22.7 Å². The molecule has 3 aromatic carbocycles. The van der Waals surface area contributed by atoms with E-state index in [0.29, 0.717) is 0 Å². The summed E-state index contributed by atoms with van der Waals surface area (Å²) >= 11 is 8.98. The lowest BCUT2D eigenvalue weighted by molar-refractivity contribution is 1.01. The topological polar surface area (TPSA) is 57.4 Å². The van der Waals surface area contributed by atoms with Crippen LogP contribution in [0.4, 0.5) is 0 Å². The number of rotatable bonds is 4. The first-order valence-electron chi connectivity index (χ1n) is 9.07. The average molecular weight is 403 g/mol. The molecule has 0 amide bonds. The smallest absolute Gasteiger partial charge is 0.111 e. The fourth-order valence-electron chi connectivity index (χ4n) is 3.54. The minimum absolute atomic E-state index is 0.747. The van der Waals surface area contributed by atoms with E-state index in [-0.39, 0.29) is 0 Å². The first-order chi connectivity index (χ1) is 13.7. The van der Waals surface area contributed by atoms with Gasteiger partial charge in [0, 0.05) is 22.6 Å². The maximum atomic E-state index is 4.70. The molecule has 0 aliphatic carbocycles. The van der Waals surface area contributed by atoms with E-state index in [9.17, 15) is 0 Å². The van der Waals surface area contributed by atoms with E-state index in [1.54, 1.807) is 0 Å². The molecule has 0 unspecified atom stereocenters. The molecule has 138 valence electrons. The summed E-state index contributed by atoms with van der Waals surface area (Å²) in [5.74, 6) is 1.88. The molecule has 28 heavy (non-hydrogen) atoms. The van der Waals surface area contributed by atoms with Crippen LogP contribution in [-0.4, -0.2) is 19.9 Å². The van der Waals surface area contributed by atoms with E-state index in [2.05, 4.69) is 59.5 Å². The van der Waals surface area contributed by atoms with E-state index < -0.39 is 0 Å². The Morgan fingerprint density at radius 3 is 1.57 bits per heavy atom. The zero-order chi connectivity index (χ0) is 19.1. The van der Waals surface area contributed by atoms with Gasteiger partial charge in [-0.15, -0.1) is 25.3 Å². The quantitative estimate of drug-likeness (QED) is 0.312. The second kappa shape index (κ2) is 7.04. The molecule has 0 spiro atoms. The summed E-state index contributed by atoms with van der Waals surface area (Å²) in [5, 5.41) is 0. The van der Waals surface area contributed by atoms with Gasteiger partial charge in [0.15, 0.2) is 0 Å². The number of nitrogens with zero attached hydrogens (tertiary/aromatic N) is 2. The molecule has 6 heteroatoms. The van der Waals surface area contributed by atoms with Crippen LogP contribution in [0.25, 0.3) is 22.1 Å². The van der Waals surface area contributed by atoms with E-state index in [4.69, 9.17) is 9.97 Å². The normalized spacial score (nSPS) is 11.5. The monoisotopic (exact) mass is 402 g/mol. The van der Waals surface area contributed by atoms with E-state index >= 15 is 0 Å². The fourth-order valence-corrected chi connectivity index (χ4v) is 4.05. The van der Waals surface area contributed by atoms with Crippen LogP contribution in [0.5, 0.6) is 0 Å². The van der Waals surface area contributed by atoms with Gasteiger partial charge < -0.3 is 9.97 Å². The molecule has 0 saturated heterocycles. The number of hydrogen-bond acceptors (Lipinski definition) is 4. The average Bonchev–Trinajstić information content (AvgIpc) is 3.27. The Labute approximate surface area is 173 Å². The van der Waals surface area contributed by atoms with Crippen molar-refractivity contribution in [2.45, 2.75) is 22.6 Å². The lowest BCUT2D eigenvalue weighted by Gasteiger charge is -2.03. The first-order valence-corrected chi connectivity index (χ1v) is 9.96. The summed E-state index contributed by atoms with van der Waals surface area (Å²) in [5.41, 5.74) is 6.29. The number of aromatic nitrogens is 4. The summed E-state index contributed by atoms with van der Waals surface area (Å²) in [6, 6.07) is 20.5. The Balaban J connectivity index is 1.40. The standard InChI is InChI=1S/C22H18N4S2/c27-17-8-2-6-15-21(17)25-19(23-15)11-13-4-1-5-14(10-13)12-20-24-16-7-3-9-18(28)22(16)26-20/h1-10,27-28H,11-12H2,(H,23,25)(H,24,26). The minimum Gasteiger partial charge on any atom is -0.342 e. The third-order valence-corrected chi connectivity index (χ3v) is 5.54. The molecule has 0 radical (unpaired) electrons. The number of H-pyrrole nitrogens is 2. The van der Waals surface area contributed by atoms with Gasteiger partial charge in [0.2, 0.25) is 0 Å². The van der Waals surface area contributed by atoms with Gasteiger partial charge in [0.25, 0.3) is 0 Å². The number of nitrogens with one attached hydrogen (secondary N) is 2. The van der Waals surface area contributed by atoms with Crippen LogP contribution in [0.2, 0.25) is 0 Å². The summed E-state index contributed by atoms with van der Waals surface area (Å²) in [7, 11) is 0. The predicted octanol–water partition coefficient (Wildman–Crippen LogP) is 5.20. The van der Waals surface area contributed by atoms with Crippen LogP contribution in [-0.2, 0) is 12.8 Å². The van der Waals surface area contributed by atoms with Crippen LogP contribution >= 0.6 is 25.3 Å². The molecule has 5 rings (SSSR count). The summed E-state index contributed by atoms with van der Waals surface area (Å²) in [6.45, 7) is 0. The van der Waals surface area contributed by atoms with Crippen LogP contribution in [0.1, 0.15) is 22.8 Å². The maximum Gasteiger partial charge on any atom is 0.111 e. The highest BCUT2D eigenvalue weighted by atomic mass is 32.1. The van der Waals surface area contributed by atoms with Crippen LogP contribution < -0.4 is 0 Å². The highest BCUT2D eigenvalue weighted by Gasteiger charge is 2.09. The van der Waals surface area contributed by atoms with Crippen molar-refractivity contribution in [3.05, 3.63) is 83.4 Å². The lowest BCUT2D eigenvalue weighted by atomic mass is 10.1. The molecule has 0 saturated carbocycles. The molecule has 0 aliphatic rings. The van der Waals surface area contributed by atoms with E-state index in [1.165, 1.54) is 11.1 Å². The molecule has 5 aromatic rings. The third kappa shape index (κ3) is 3.30. The van der Waals surface area contributed by atoms with Crippen molar-refractivity contribution in [3.8, 4) is 0 Å². The summed E-state index contributed by atoms with van der Waals surface area (Å²) < 4.78 is 0. The number of para-hydroxylation sites is 2. The Hall–Kier alpha value is -2.70. The van der Waals surface area contributed by atoms with Gasteiger partial charge in [-0.25, -0.2) is 9.97 Å². The Kier molecular flexibility index (Phi) is 4.37. The van der Waals surface area contributed by atoms with Crippen molar-refractivity contribution >= 4 is 47.3 Å². The Morgan fingerprint density at radius 2 is 1.11 bits per heavy atom. The molecular weight excluding hydrogens is 384 g/mol. The molecular formula is C22H18N4S2. The molecule has 4 nitrogen and oxygen atoms in total. The highest BCUT2D eigenvalue weighted by Crippen LogP contribution is 2.22. The molecule has 0 aliphatic heterocycles. The number of hydrogen-bond donors (Lipinski definition) is 4. The van der Waals surface area contributed by atoms with Crippen molar-refractivity contribution in [2.75, 3.05) is 0 Å². The van der Waals surface area contributed by atoms with Gasteiger partial charge in [-0.1, -0.05) is 36.4 Å². The summed E-state index contributed by atoms with van der Waals surface area (Å²) in [4.78, 5) is 18.0. The molecule has 2 N–H and O–H groups in total. The molecule has 2 aromatic heterocycles. The predicted molar refractivity (Wildman–Crippen MR) is 119 cm³/mol. The van der Waals surface area contributed by atoms with Gasteiger partial charge in [-0.05, 0) is 35.4 Å². The van der Waals surface area contributed by atoms with Gasteiger partial charge in [0.05, 0.1) is 11.0 Å². The minimum atomic E-state index is 0.747. The summed E-state index contributed by atoms with van der Waals surface area (Å²) in [6.07, 6.45) is 1.49. The number of benzene rings is 3. The fraction of sp³-hybridized carbons (Fsp3) is 0.0909. The Bertz CT molecular complexity index is 1210. The van der Waals surface area contributed by atoms with Crippen LogP contribution in [0.15, 0.2) is 70.5 Å². The van der Waals surface area contributed by atoms with Crippen LogP contribution in [0.3, 0.4) is 0 Å². The van der Waals surface area contributed by atoms with E-state index in [1.807, 2.05) is 36.4 Å². The number of aromatic amines is 2. The number of fused-ring (bicyclic) bond motifs is 2. The molecule has 2 heterocycles. The van der Waals surface area contributed by atoms with Crippen molar-refractivity contribution in [1.29, 1.82) is 0 Å². The van der Waals surface area contributed by atoms with Gasteiger partial charge in [-0.3, -0.25) is 0 Å². The SMILES string of the molecule is Sc1cccc2[nH]c(Cc3cccc(Cc4nc5c(S)cccc5[nH]4)c3)nc12. The molecule has 0 atom stereocenters. The molecule has 0 bridgehead atoms. The maximum absolute atomic E-state index is 4.70. The zero-order valence-corrected chi connectivity index (χ0v) is 16.8. The Morgan fingerprint density at radius 1 is 0.643 bits per heavy atom. The largest absolute Gasteiger partial charge is 0.342 e. The number of imidazole rings is 2. The van der Waals surface area contributed by atoms with Crippen molar-refractivity contribution in [3.63, 3.8) is 0 Å². The molecule has 0 fully saturated rings. The number of thiol groups is 2. The van der Waals surface area contributed by atoms with E-state index in [0.717, 1.165) is 56.3 Å². The van der Waals surface area contributed by atoms with Crippen molar-refractivity contribution < 1.29 is 0 Å². The zero-order valence-electron chi connectivity index (χ0n) is 15.0. The van der Waals surface area contributed by atoms with Crippen LogP contribution in [0, 0.1) is 0 Å². The lowest BCUT2D eigenvalue weighted by Crippen LogP contribution is -1.95. The second-order valence-corrected chi connectivity index (χ2v) is 7.85. The van der Waals surface area contributed by atoms with Gasteiger partial charge >= 0.3 is 0 Å². The third-order valence-electron chi connectivity index (χ3n) is 4.82.